The number of aliphatic hydroxyl groups is 4. The average Bonchev–Trinajstić information content (AvgIpc) is 1.54. The first kappa shape index (κ1) is 91.2. The third-order valence-corrected chi connectivity index (χ3v) is 41.5. The van der Waals surface area contributed by atoms with Gasteiger partial charge in [-0.25, -0.2) is 26.9 Å². The van der Waals surface area contributed by atoms with Gasteiger partial charge in [0.05, 0.1) is 33.4 Å². The van der Waals surface area contributed by atoms with Crippen molar-refractivity contribution in [2.45, 2.75) is 321 Å². The SMILES string of the molecule is C[C@@]1(O)CC[C@H]2[C@H](CC[C@@H]3[C@@H]2CC[C@]2(C)[C@@H](C(=O)Cn4nc5ccccc5n4)CC[C@@H]32)C1.C[C@@]1(O)CC[C@H]2[C@H](CC[C@@H]3[C@@H]2CC[C@]2(C)[C@@H](C(=O)Cn4nnc5ccccc54)CC[C@@H]32)C1.C[C@]12CC[C@H]3[C@@H](CC[C@@H]4C[C@@](O)(CF)CC[C@@H]43)[C@@H]1CC[C@@H]2C(=O)Cn1nc2ccc(F)cc2n1.C[C@]12CC[C@H]3[C@@H](CC[C@@H]4C[C@@](O)(CF)CC[C@@H]43)[C@@H]1CC[C@@H]2C(=O)Cn1nnc2ccc(F)cc21. The lowest BCUT2D eigenvalue weighted by molar-refractivity contribution is -0.134. The van der Waals surface area contributed by atoms with Crippen LogP contribution in [0, 0.1) is 175 Å². The second-order valence-corrected chi connectivity index (χ2v) is 48.2. The third kappa shape index (κ3) is 16.4. The second kappa shape index (κ2) is 35.0. The highest BCUT2D eigenvalue weighted by atomic mass is 19.1. The molecule has 4 N–H and O–H groups in total. The number of carbonyl (C=O) groups is 4. The molecule has 712 valence electrons. The number of ketones is 4. The minimum Gasteiger partial charge on any atom is -0.390 e. The molecular formula is C108H144F4N12O8. The molecule has 0 unspecified atom stereocenters. The van der Waals surface area contributed by atoms with Crippen LogP contribution in [-0.4, -0.2) is 139 Å². The van der Waals surface area contributed by atoms with E-state index < -0.39 is 35.8 Å². The quantitative estimate of drug-likeness (QED) is 0.0737. The number of alkyl halides is 2. The van der Waals surface area contributed by atoms with Crippen LogP contribution in [0.25, 0.3) is 44.1 Å². The summed E-state index contributed by atoms with van der Waals surface area (Å²) in [4.78, 5) is 57.1. The fourth-order valence-electron chi connectivity index (χ4n) is 35.5. The molecular weight excluding hydrogens is 1670 g/mol. The van der Waals surface area contributed by atoms with Crippen molar-refractivity contribution in [3.63, 3.8) is 0 Å². The van der Waals surface area contributed by atoms with Gasteiger partial charge in [-0.1, -0.05) is 62.4 Å². The Bertz CT molecular complexity index is 5570. The van der Waals surface area contributed by atoms with Crippen LogP contribution >= 0.6 is 0 Å². The summed E-state index contributed by atoms with van der Waals surface area (Å²) in [6, 6.07) is 24.4. The van der Waals surface area contributed by atoms with Crippen LogP contribution in [0.2, 0.25) is 0 Å². The predicted octanol–water partition coefficient (Wildman–Crippen LogP) is 20.3. The number of aromatic nitrogens is 12. The van der Waals surface area contributed by atoms with E-state index in [4.69, 9.17) is 0 Å². The van der Waals surface area contributed by atoms with E-state index in [9.17, 15) is 57.2 Å². The molecule has 0 amide bonds. The topological polar surface area (TPSA) is 272 Å². The fourth-order valence-corrected chi connectivity index (χ4v) is 35.5. The molecule has 20 nitrogen and oxygen atoms in total. The van der Waals surface area contributed by atoms with Crippen molar-refractivity contribution in [1.29, 1.82) is 0 Å². The van der Waals surface area contributed by atoms with Crippen LogP contribution in [0.4, 0.5) is 17.6 Å². The van der Waals surface area contributed by atoms with Crippen LogP contribution in [0.5, 0.6) is 0 Å². The molecule has 4 heterocycles. The fraction of sp³-hybridized carbons (Fsp3) is 0.741. The van der Waals surface area contributed by atoms with Crippen LogP contribution in [0.3, 0.4) is 0 Å². The Hall–Kier alpha value is -7.28. The lowest BCUT2D eigenvalue weighted by Crippen LogP contribution is -2.52. The standard InChI is InChI=1S/2C27H35F2N3O2.2C27H37N3O2/c1-26-10-8-19-18-9-11-27(34,15-28)13-16(18)2-4-20(19)21(26)5-6-22(26)25(33)14-32-24-12-17(29)3-7-23(24)30-31-32;1-26-10-8-19-18-9-11-27(34,15-28)13-16(18)2-4-20(19)21(26)5-6-22(26)25(33)14-32-30-23-7-3-17(29)12-24(23)31-32;1-26(32)13-11-18-17(15-26)7-8-20-19(18)12-14-27(2)21(20)9-10-22(27)25(31)16-30-24-6-4-3-5-23(24)28-29-30;1-26(32)13-11-18-17(15-26)7-8-20-19(18)12-14-27(2)21(20)9-10-22(27)25(31)16-30-28-23-5-3-4-6-24(23)29-30/h2*3,7,12,16,18-22,34H,2,4-6,8-11,13-15H2,1H3;2*3-6,17-22,32H,7-16H2,1-2H3/t2*16-,18+,19-,20-,21+,22-,26+,27-;2*17-,18+,19-,20-,21+,22-,26-,27+/m1111/s1. The van der Waals surface area contributed by atoms with Crippen molar-refractivity contribution in [3.8, 4) is 0 Å². The third-order valence-electron chi connectivity index (χ3n) is 41.5. The Morgan fingerprint density at radius 1 is 0.318 bits per heavy atom. The molecule has 132 heavy (non-hydrogen) atoms. The van der Waals surface area contributed by atoms with E-state index >= 15 is 0 Å². The molecule has 32 atom stereocenters. The van der Waals surface area contributed by atoms with Crippen molar-refractivity contribution in [1.82, 2.24) is 60.0 Å². The van der Waals surface area contributed by atoms with Crippen molar-refractivity contribution in [2.75, 3.05) is 13.3 Å². The van der Waals surface area contributed by atoms with Gasteiger partial charge >= 0.3 is 0 Å². The Balaban J connectivity index is 0.000000106. The number of hydrogen-bond donors (Lipinski definition) is 4. The summed E-state index contributed by atoms with van der Waals surface area (Å²) in [5.41, 5.74) is 2.99. The Labute approximate surface area is 775 Å². The maximum atomic E-state index is 13.8. The molecule has 16 aliphatic rings. The van der Waals surface area contributed by atoms with Gasteiger partial charge in [0.1, 0.15) is 84.3 Å². The van der Waals surface area contributed by atoms with Crippen molar-refractivity contribution in [2.24, 2.45) is 164 Å². The van der Waals surface area contributed by atoms with Gasteiger partial charge < -0.3 is 20.4 Å². The number of benzene rings is 4. The number of halogens is 4. The van der Waals surface area contributed by atoms with Crippen LogP contribution in [0.15, 0.2) is 84.9 Å². The first-order chi connectivity index (χ1) is 63.3. The van der Waals surface area contributed by atoms with E-state index in [1.54, 1.807) is 26.3 Å². The normalized spacial score (nSPS) is 42.5. The van der Waals surface area contributed by atoms with Crippen LogP contribution < -0.4 is 0 Å². The Kier molecular flexibility index (Phi) is 24.2. The molecule has 24 heteroatoms. The molecule has 0 radical (unpaired) electrons. The molecule has 16 fully saturated rings. The monoisotopic (exact) mass is 1810 g/mol. The van der Waals surface area contributed by atoms with Crippen LogP contribution in [0.1, 0.15) is 273 Å². The smallest absolute Gasteiger partial charge is 0.159 e. The minimum atomic E-state index is -1.10. The summed E-state index contributed by atoms with van der Waals surface area (Å²) in [6.07, 6.45) is 38.0. The predicted molar refractivity (Wildman–Crippen MR) is 496 cm³/mol. The maximum Gasteiger partial charge on any atom is 0.159 e. The molecule has 16 saturated carbocycles. The first-order valence-electron chi connectivity index (χ1n) is 52.0. The van der Waals surface area contributed by atoms with Crippen molar-refractivity contribution in [3.05, 3.63) is 96.6 Å². The van der Waals surface area contributed by atoms with Gasteiger partial charge in [0, 0.05) is 35.8 Å². The van der Waals surface area contributed by atoms with Gasteiger partial charge in [-0.05, 0) is 434 Å². The summed E-state index contributed by atoms with van der Waals surface area (Å²) in [5, 5.41) is 76.9. The van der Waals surface area contributed by atoms with Gasteiger partial charge in [0.2, 0.25) is 0 Å². The van der Waals surface area contributed by atoms with E-state index in [1.165, 1.54) is 106 Å². The highest BCUT2D eigenvalue weighted by Crippen LogP contribution is 2.70. The highest BCUT2D eigenvalue weighted by Gasteiger charge is 2.65. The summed E-state index contributed by atoms with van der Waals surface area (Å²) < 4.78 is 57.5. The van der Waals surface area contributed by atoms with Crippen molar-refractivity contribution < 1.29 is 57.2 Å². The molecule has 0 spiro atoms. The number of para-hydroxylation sites is 1. The number of fused-ring (bicyclic) bond motifs is 24. The summed E-state index contributed by atoms with van der Waals surface area (Å²) in [7, 11) is 0. The molecule has 8 aromatic rings. The number of rotatable bonds is 14. The summed E-state index contributed by atoms with van der Waals surface area (Å²) in [5.74, 6) is 14.1. The lowest BCUT2D eigenvalue weighted by Gasteiger charge is -2.56. The Morgan fingerprint density at radius 2 is 0.629 bits per heavy atom. The summed E-state index contributed by atoms with van der Waals surface area (Å²) >= 11 is 0. The van der Waals surface area contributed by atoms with Gasteiger partial charge in [-0.15, -0.1) is 10.2 Å². The number of hydrogen-bond acceptors (Lipinski definition) is 16. The largest absolute Gasteiger partial charge is 0.390 e. The maximum absolute atomic E-state index is 13.8. The molecule has 16 aliphatic carbocycles. The molecule has 4 aromatic carbocycles. The lowest BCUT2D eigenvalue weighted by atomic mass is 9.49. The van der Waals surface area contributed by atoms with E-state index in [2.05, 4.69) is 68.7 Å². The van der Waals surface area contributed by atoms with E-state index in [1.807, 2.05) is 62.4 Å². The van der Waals surface area contributed by atoms with E-state index in [0.29, 0.717) is 155 Å². The summed E-state index contributed by atoms with van der Waals surface area (Å²) in [6.45, 7) is 13.3. The zero-order chi connectivity index (χ0) is 91.5. The second-order valence-electron chi connectivity index (χ2n) is 48.2. The minimum absolute atomic E-state index is 0.00106. The molecule has 24 rings (SSSR count). The average molecular weight is 1810 g/mol. The molecule has 0 saturated heterocycles. The van der Waals surface area contributed by atoms with Gasteiger partial charge in [-0.2, -0.15) is 30.0 Å². The van der Waals surface area contributed by atoms with Crippen LogP contribution in [-0.2, 0) is 45.4 Å². The number of Topliss-reactive ketones (excluding diaryl/α,β-unsaturated/α-hetero) is 4. The van der Waals surface area contributed by atoms with E-state index in [0.717, 1.165) is 186 Å². The Morgan fingerprint density at radius 3 is 1.02 bits per heavy atom. The van der Waals surface area contributed by atoms with Gasteiger partial charge in [0.25, 0.3) is 0 Å². The highest BCUT2D eigenvalue weighted by molar-refractivity contribution is 5.86. The molecule has 0 bridgehead atoms. The first-order valence-corrected chi connectivity index (χ1v) is 52.0. The molecule has 4 aromatic heterocycles. The zero-order valence-corrected chi connectivity index (χ0v) is 78.9. The molecule has 0 aliphatic heterocycles. The van der Waals surface area contributed by atoms with Gasteiger partial charge in [-0.3, -0.25) is 19.2 Å². The van der Waals surface area contributed by atoms with Gasteiger partial charge in [0.15, 0.2) is 23.1 Å². The number of nitrogens with zero attached hydrogens (tertiary/aromatic N) is 12. The zero-order valence-electron chi connectivity index (χ0n) is 78.9. The van der Waals surface area contributed by atoms with Crippen molar-refractivity contribution >= 4 is 67.3 Å². The number of carbonyl (C=O) groups excluding carboxylic acids is 4. The van der Waals surface area contributed by atoms with E-state index in [-0.39, 0.29) is 81.6 Å².